The topological polar surface area (TPSA) is 94.4 Å². The number of nitrogens with zero attached hydrogens (tertiary/aromatic N) is 6. The number of aliphatic hydroxyl groups excluding tert-OH is 1. The number of piperazine rings is 1. The number of fused-ring (bicyclic) bond motifs is 1. The van der Waals surface area contributed by atoms with Gasteiger partial charge in [0.1, 0.15) is 5.82 Å². The molecular formula is C24H25FN6O4S. The van der Waals surface area contributed by atoms with Gasteiger partial charge in [0.15, 0.2) is 11.9 Å². The number of cyclic esters (lactones) is 1. The summed E-state index contributed by atoms with van der Waals surface area (Å²) in [6.45, 7) is 1.87. The summed E-state index contributed by atoms with van der Waals surface area (Å²) in [4.78, 5) is 31.6. The SMILES string of the molecule is CN(C(O)=S)C1CN(c2ccc(N3CCN(C(=O)c4nn(C)c5ccccc45)CC3)c(F)c2)C(=O)O1. The van der Waals surface area contributed by atoms with Crippen LogP contribution in [-0.2, 0) is 11.8 Å². The van der Waals surface area contributed by atoms with Gasteiger partial charge >= 0.3 is 6.09 Å². The zero-order valence-electron chi connectivity index (χ0n) is 19.8. The highest BCUT2D eigenvalue weighted by molar-refractivity contribution is 7.79. The number of carbonyl (C=O) groups is 2. The van der Waals surface area contributed by atoms with E-state index in [1.807, 2.05) is 36.2 Å². The average Bonchev–Trinajstić information content (AvgIpc) is 3.43. The van der Waals surface area contributed by atoms with Crippen molar-refractivity contribution in [3.63, 3.8) is 0 Å². The molecule has 3 aromatic rings. The van der Waals surface area contributed by atoms with Gasteiger partial charge in [0.2, 0.25) is 0 Å². The first-order valence-corrected chi connectivity index (χ1v) is 11.8. The van der Waals surface area contributed by atoms with Crippen LogP contribution in [0, 0.1) is 5.82 Å². The molecule has 1 atom stereocenters. The van der Waals surface area contributed by atoms with Crippen molar-refractivity contribution >= 4 is 51.7 Å². The number of aliphatic hydroxyl groups is 1. The molecule has 0 aliphatic carbocycles. The lowest BCUT2D eigenvalue weighted by atomic mass is 10.1. The van der Waals surface area contributed by atoms with E-state index in [0.717, 1.165) is 10.9 Å². The molecule has 10 nitrogen and oxygen atoms in total. The Balaban J connectivity index is 1.25. The number of thiocarbonyl (C=S) groups is 1. The quantitative estimate of drug-likeness (QED) is 0.534. The minimum Gasteiger partial charge on any atom is -0.486 e. The van der Waals surface area contributed by atoms with Crippen molar-refractivity contribution in [2.45, 2.75) is 6.23 Å². The maximum absolute atomic E-state index is 15.1. The van der Waals surface area contributed by atoms with Crippen LogP contribution in [0.4, 0.5) is 20.6 Å². The highest BCUT2D eigenvalue weighted by atomic mass is 32.1. The lowest BCUT2D eigenvalue weighted by Crippen LogP contribution is -2.49. The van der Waals surface area contributed by atoms with Gasteiger partial charge in [-0.3, -0.25) is 19.3 Å². The molecule has 2 aliphatic rings. The third kappa shape index (κ3) is 4.17. The maximum atomic E-state index is 15.1. The molecule has 1 N–H and O–H groups in total. The van der Waals surface area contributed by atoms with Gasteiger partial charge in [0, 0.05) is 45.7 Å². The van der Waals surface area contributed by atoms with E-state index < -0.39 is 23.3 Å². The van der Waals surface area contributed by atoms with E-state index in [1.165, 1.54) is 22.9 Å². The second-order valence-corrected chi connectivity index (χ2v) is 9.11. The molecule has 2 aromatic carbocycles. The smallest absolute Gasteiger partial charge is 0.416 e. The van der Waals surface area contributed by atoms with Gasteiger partial charge in [-0.25, -0.2) is 9.18 Å². The Hall–Kier alpha value is -3.93. The van der Waals surface area contributed by atoms with E-state index in [4.69, 9.17) is 17.0 Å². The number of carbonyl (C=O) groups excluding carboxylic acids is 2. The fraction of sp³-hybridized carbons (Fsp3) is 0.333. The average molecular weight is 513 g/mol. The number of benzene rings is 2. The minimum atomic E-state index is -0.764. The maximum Gasteiger partial charge on any atom is 0.416 e. The third-order valence-electron chi connectivity index (χ3n) is 6.64. The van der Waals surface area contributed by atoms with E-state index >= 15 is 4.39 Å². The number of ether oxygens (including phenoxy) is 1. The molecule has 1 aromatic heterocycles. The van der Waals surface area contributed by atoms with Crippen LogP contribution in [0.25, 0.3) is 10.9 Å². The van der Waals surface area contributed by atoms with Crippen molar-refractivity contribution in [3.05, 3.63) is 54.0 Å². The van der Waals surface area contributed by atoms with Crippen LogP contribution >= 0.6 is 12.2 Å². The number of hydrogen-bond acceptors (Lipinski definition) is 6. The molecule has 36 heavy (non-hydrogen) atoms. The van der Waals surface area contributed by atoms with Gasteiger partial charge in [-0.15, -0.1) is 0 Å². The number of aromatic nitrogens is 2. The molecule has 2 saturated heterocycles. The largest absolute Gasteiger partial charge is 0.486 e. The number of anilines is 2. The summed E-state index contributed by atoms with van der Waals surface area (Å²) in [6.07, 6.45) is -1.41. The molecule has 1 unspecified atom stereocenters. The molecule has 188 valence electrons. The van der Waals surface area contributed by atoms with Crippen molar-refractivity contribution in [1.82, 2.24) is 19.6 Å². The highest BCUT2D eigenvalue weighted by Gasteiger charge is 2.36. The number of likely N-dealkylation sites (N-methyl/N-ethyl adjacent to an activating group) is 1. The summed E-state index contributed by atoms with van der Waals surface area (Å²) < 4.78 is 22.0. The van der Waals surface area contributed by atoms with Crippen LogP contribution in [0.2, 0.25) is 0 Å². The van der Waals surface area contributed by atoms with Crippen molar-refractivity contribution in [2.24, 2.45) is 7.05 Å². The molecule has 0 spiro atoms. The van der Waals surface area contributed by atoms with E-state index in [2.05, 4.69) is 5.10 Å². The van der Waals surface area contributed by atoms with Gasteiger partial charge in [0.05, 0.1) is 23.4 Å². The zero-order chi connectivity index (χ0) is 25.6. The van der Waals surface area contributed by atoms with E-state index in [-0.39, 0.29) is 12.5 Å². The lowest BCUT2D eigenvalue weighted by molar-refractivity contribution is 0.0707. The van der Waals surface area contributed by atoms with E-state index in [9.17, 15) is 14.7 Å². The number of amides is 2. The summed E-state index contributed by atoms with van der Waals surface area (Å²) in [5.74, 6) is -0.623. The summed E-state index contributed by atoms with van der Waals surface area (Å²) in [6, 6.07) is 12.2. The molecule has 0 bridgehead atoms. The van der Waals surface area contributed by atoms with Crippen LogP contribution in [0.1, 0.15) is 10.5 Å². The van der Waals surface area contributed by atoms with Gasteiger partial charge in [0.25, 0.3) is 11.1 Å². The Morgan fingerprint density at radius 1 is 1.19 bits per heavy atom. The highest BCUT2D eigenvalue weighted by Crippen LogP contribution is 2.29. The predicted molar refractivity (Wildman–Crippen MR) is 136 cm³/mol. The molecule has 0 radical (unpaired) electrons. The number of halogens is 1. The van der Waals surface area contributed by atoms with Gasteiger partial charge in [-0.2, -0.15) is 5.10 Å². The van der Waals surface area contributed by atoms with Crippen molar-refractivity contribution in [2.75, 3.05) is 49.6 Å². The van der Waals surface area contributed by atoms with Crippen LogP contribution < -0.4 is 9.80 Å². The molecule has 2 aliphatic heterocycles. The van der Waals surface area contributed by atoms with E-state index in [0.29, 0.717) is 43.2 Å². The Labute approximate surface area is 212 Å². The monoisotopic (exact) mass is 512 g/mol. The third-order valence-corrected chi connectivity index (χ3v) is 6.93. The Kier molecular flexibility index (Phi) is 6.12. The fourth-order valence-corrected chi connectivity index (χ4v) is 4.69. The van der Waals surface area contributed by atoms with Crippen LogP contribution in [0.15, 0.2) is 42.5 Å². The van der Waals surface area contributed by atoms with E-state index in [1.54, 1.807) is 21.7 Å². The molecule has 12 heteroatoms. The van der Waals surface area contributed by atoms with Crippen molar-refractivity contribution in [3.8, 4) is 0 Å². The second-order valence-electron chi connectivity index (χ2n) is 8.75. The van der Waals surface area contributed by atoms with Crippen LogP contribution in [0.5, 0.6) is 0 Å². The molecule has 2 fully saturated rings. The second kappa shape index (κ2) is 9.26. The first-order chi connectivity index (χ1) is 17.2. The lowest BCUT2D eigenvalue weighted by Gasteiger charge is -2.36. The first-order valence-electron chi connectivity index (χ1n) is 11.4. The Morgan fingerprint density at radius 3 is 2.61 bits per heavy atom. The molecule has 5 rings (SSSR count). The Morgan fingerprint density at radius 2 is 1.92 bits per heavy atom. The molecule has 3 heterocycles. The van der Waals surface area contributed by atoms with Gasteiger partial charge in [-0.05, 0) is 36.5 Å². The molecule has 2 amide bonds. The fourth-order valence-electron chi connectivity index (χ4n) is 4.58. The molecular weight excluding hydrogens is 487 g/mol. The minimum absolute atomic E-state index is 0.0950. The number of aryl methyl sites for hydroxylation is 1. The first kappa shape index (κ1) is 23.8. The zero-order valence-corrected chi connectivity index (χ0v) is 20.6. The Bertz CT molecular complexity index is 1360. The number of hydrogen-bond donors (Lipinski definition) is 1. The van der Waals surface area contributed by atoms with Gasteiger partial charge in [-0.1, -0.05) is 18.2 Å². The summed E-state index contributed by atoms with van der Waals surface area (Å²) in [7, 11) is 3.32. The van der Waals surface area contributed by atoms with Gasteiger partial charge < -0.3 is 19.6 Å². The predicted octanol–water partition coefficient (Wildman–Crippen LogP) is 2.73. The van der Waals surface area contributed by atoms with Crippen LogP contribution in [-0.4, -0.2) is 87.9 Å². The standard InChI is InChI=1S/C24H25FN6O4S/c1-27(24(34)36)20-14-31(23(33)35-20)15-7-8-19(17(25)13-15)29-9-11-30(12-10-29)22(32)21-16-5-3-4-6-18(16)28(2)26-21/h3-8,13,20H,9-12,14H2,1-2H3,(H,34,36). The summed E-state index contributed by atoms with van der Waals surface area (Å²) in [5.41, 5.74) is 2.05. The summed E-state index contributed by atoms with van der Waals surface area (Å²) in [5, 5.41) is 14.3. The molecule has 0 saturated carbocycles. The summed E-state index contributed by atoms with van der Waals surface area (Å²) >= 11 is 4.71. The van der Waals surface area contributed by atoms with Crippen molar-refractivity contribution < 1.29 is 23.8 Å². The normalized spacial score (nSPS) is 18.0. The number of para-hydroxylation sites is 1. The van der Waals surface area contributed by atoms with Crippen molar-refractivity contribution in [1.29, 1.82) is 0 Å². The number of rotatable bonds is 4. The van der Waals surface area contributed by atoms with Crippen LogP contribution in [0.3, 0.4) is 0 Å².